The minimum atomic E-state index is -0.360. The molecule has 0 saturated carbocycles. The van der Waals surface area contributed by atoms with E-state index in [9.17, 15) is 9.59 Å². The predicted octanol–water partition coefficient (Wildman–Crippen LogP) is 3.40. The molecule has 140 valence electrons. The molecule has 0 unspecified atom stereocenters. The van der Waals surface area contributed by atoms with Crippen LogP contribution in [0.3, 0.4) is 0 Å². The molecule has 1 N–H and O–H groups in total. The Morgan fingerprint density at radius 2 is 1.59 bits per heavy atom. The normalized spacial score (nSPS) is 10.0. The average Bonchev–Trinajstić information content (AvgIpc) is 2.68. The Morgan fingerprint density at radius 3 is 2.15 bits per heavy atom. The molecule has 0 aliphatic rings. The highest BCUT2D eigenvalue weighted by Gasteiger charge is 2.17. The summed E-state index contributed by atoms with van der Waals surface area (Å²) in [6, 6.07) is 16.4. The van der Waals surface area contributed by atoms with Gasteiger partial charge in [-0.15, -0.1) is 0 Å². The number of nitrogens with one attached hydrogen (secondary N) is 1. The second-order valence-electron chi connectivity index (χ2n) is 6.00. The van der Waals surface area contributed by atoms with Crippen molar-refractivity contribution in [3.8, 4) is 6.07 Å². The van der Waals surface area contributed by atoms with Gasteiger partial charge in [0, 0.05) is 31.4 Å². The van der Waals surface area contributed by atoms with E-state index in [1.54, 1.807) is 24.3 Å². The zero-order valence-electron chi connectivity index (χ0n) is 15.9. The number of hydrogen-bond donors (Lipinski definition) is 1. The van der Waals surface area contributed by atoms with Crippen molar-refractivity contribution >= 4 is 28.9 Å². The van der Waals surface area contributed by atoms with Gasteiger partial charge in [-0.25, -0.2) is 0 Å². The molecule has 6 nitrogen and oxygen atoms in total. The quantitative estimate of drug-likeness (QED) is 0.817. The van der Waals surface area contributed by atoms with Gasteiger partial charge in [0.2, 0.25) is 11.8 Å². The third kappa shape index (κ3) is 5.08. The second-order valence-corrected chi connectivity index (χ2v) is 6.00. The average molecular weight is 364 g/mol. The van der Waals surface area contributed by atoms with Crippen LogP contribution in [0.1, 0.15) is 26.3 Å². The van der Waals surface area contributed by atoms with E-state index in [1.165, 1.54) is 11.8 Å². The van der Waals surface area contributed by atoms with Gasteiger partial charge in [-0.1, -0.05) is 12.1 Å². The summed E-state index contributed by atoms with van der Waals surface area (Å²) in [5.41, 5.74) is 2.54. The molecule has 6 heteroatoms. The second kappa shape index (κ2) is 9.39. The molecule has 0 aromatic heterocycles. The lowest BCUT2D eigenvalue weighted by Gasteiger charge is -2.24. The molecule has 0 saturated heterocycles. The summed E-state index contributed by atoms with van der Waals surface area (Å²) in [5, 5.41) is 11.8. The van der Waals surface area contributed by atoms with Gasteiger partial charge >= 0.3 is 0 Å². The summed E-state index contributed by atoms with van der Waals surface area (Å²) in [5.74, 6) is -0.588. The van der Waals surface area contributed by atoms with Crippen LogP contribution < -0.4 is 15.1 Å². The Balaban J connectivity index is 2.14. The summed E-state index contributed by atoms with van der Waals surface area (Å²) in [4.78, 5) is 28.1. The molecule has 0 fully saturated rings. The Morgan fingerprint density at radius 1 is 1.00 bits per heavy atom. The molecule has 0 aliphatic heterocycles. The lowest BCUT2D eigenvalue weighted by atomic mass is 10.2. The van der Waals surface area contributed by atoms with E-state index in [0.717, 1.165) is 18.8 Å². The van der Waals surface area contributed by atoms with Crippen LogP contribution in [0.2, 0.25) is 0 Å². The first-order chi connectivity index (χ1) is 13.0. The van der Waals surface area contributed by atoms with E-state index in [2.05, 4.69) is 24.1 Å². The van der Waals surface area contributed by atoms with Crippen molar-refractivity contribution in [3.63, 3.8) is 0 Å². The summed E-state index contributed by atoms with van der Waals surface area (Å²) in [6.45, 7) is 7.26. The minimum absolute atomic E-state index is 0.125. The highest BCUT2D eigenvalue weighted by Crippen LogP contribution is 2.21. The number of nitrogens with zero attached hydrogens (tertiary/aromatic N) is 3. The first-order valence-electron chi connectivity index (χ1n) is 8.92. The van der Waals surface area contributed by atoms with Gasteiger partial charge in [0.25, 0.3) is 0 Å². The molecule has 0 bridgehead atoms. The maximum Gasteiger partial charge on any atom is 0.244 e. The fourth-order valence-corrected chi connectivity index (χ4v) is 2.84. The maximum absolute atomic E-state index is 12.4. The van der Waals surface area contributed by atoms with Crippen LogP contribution in [0, 0.1) is 11.3 Å². The third-order valence-electron chi connectivity index (χ3n) is 4.29. The Kier molecular flexibility index (Phi) is 6.95. The van der Waals surface area contributed by atoms with Crippen molar-refractivity contribution in [3.05, 3.63) is 54.1 Å². The van der Waals surface area contributed by atoms with E-state index >= 15 is 0 Å². The van der Waals surface area contributed by atoms with E-state index in [1.807, 2.05) is 30.3 Å². The van der Waals surface area contributed by atoms with Gasteiger partial charge in [-0.05, 0) is 50.2 Å². The predicted molar refractivity (Wildman–Crippen MR) is 108 cm³/mol. The standard InChI is InChI=1S/C21H24N4O2/c1-4-24(5-2)18-10-12-19(13-11-18)25(16(3)26)15-21(27)23-20-9-7-6-8-17(20)14-22/h6-13H,4-5,15H2,1-3H3,(H,23,27). The topological polar surface area (TPSA) is 76.4 Å². The van der Waals surface area contributed by atoms with Crippen molar-refractivity contribution in [1.29, 1.82) is 5.26 Å². The van der Waals surface area contributed by atoms with Crippen LogP contribution in [0.4, 0.5) is 17.1 Å². The molecule has 2 amide bonds. The highest BCUT2D eigenvalue weighted by molar-refractivity contribution is 6.02. The molecule has 0 aliphatic carbocycles. The number of para-hydroxylation sites is 1. The third-order valence-corrected chi connectivity index (χ3v) is 4.29. The molecule has 0 radical (unpaired) electrons. The number of nitriles is 1. The fourth-order valence-electron chi connectivity index (χ4n) is 2.84. The van der Waals surface area contributed by atoms with Crippen LogP contribution in [0.5, 0.6) is 0 Å². The number of anilines is 3. The molecule has 2 rings (SSSR count). The molecule has 27 heavy (non-hydrogen) atoms. The Hall–Kier alpha value is -3.33. The van der Waals surface area contributed by atoms with Gasteiger partial charge in [-0.3, -0.25) is 9.59 Å². The molecule has 0 spiro atoms. The largest absolute Gasteiger partial charge is 0.372 e. The minimum Gasteiger partial charge on any atom is -0.372 e. The monoisotopic (exact) mass is 364 g/mol. The summed E-state index contributed by atoms with van der Waals surface area (Å²) < 4.78 is 0. The van der Waals surface area contributed by atoms with Crippen molar-refractivity contribution in [2.75, 3.05) is 34.8 Å². The first-order valence-corrected chi connectivity index (χ1v) is 8.92. The molecule has 2 aromatic carbocycles. The van der Waals surface area contributed by atoms with Gasteiger partial charge in [-0.2, -0.15) is 5.26 Å². The van der Waals surface area contributed by atoms with E-state index in [4.69, 9.17) is 5.26 Å². The number of rotatable bonds is 7. The van der Waals surface area contributed by atoms with Crippen molar-refractivity contribution in [2.24, 2.45) is 0 Å². The highest BCUT2D eigenvalue weighted by atomic mass is 16.2. The summed E-state index contributed by atoms with van der Waals surface area (Å²) in [6.07, 6.45) is 0. The van der Waals surface area contributed by atoms with Gasteiger partial charge in [0.05, 0.1) is 11.3 Å². The van der Waals surface area contributed by atoms with Gasteiger partial charge in [0.15, 0.2) is 0 Å². The molecule has 2 aromatic rings. The molecular formula is C21H24N4O2. The smallest absolute Gasteiger partial charge is 0.244 e. The molecule has 0 heterocycles. The lowest BCUT2D eigenvalue weighted by molar-refractivity contribution is -0.120. The van der Waals surface area contributed by atoms with Gasteiger partial charge < -0.3 is 15.1 Å². The zero-order chi connectivity index (χ0) is 19.8. The van der Waals surface area contributed by atoms with Crippen molar-refractivity contribution < 1.29 is 9.59 Å². The summed E-state index contributed by atoms with van der Waals surface area (Å²) in [7, 11) is 0. The maximum atomic E-state index is 12.4. The van der Waals surface area contributed by atoms with Crippen LogP contribution in [0.25, 0.3) is 0 Å². The number of carbonyl (C=O) groups is 2. The zero-order valence-corrected chi connectivity index (χ0v) is 15.9. The van der Waals surface area contributed by atoms with Crippen molar-refractivity contribution in [2.45, 2.75) is 20.8 Å². The Bertz CT molecular complexity index is 836. The Labute approximate surface area is 160 Å². The fraction of sp³-hybridized carbons (Fsp3) is 0.286. The summed E-state index contributed by atoms with van der Waals surface area (Å²) >= 11 is 0. The first kappa shape index (κ1) is 20.0. The lowest BCUT2D eigenvalue weighted by Crippen LogP contribution is -2.36. The van der Waals surface area contributed by atoms with E-state index < -0.39 is 0 Å². The number of hydrogen-bond acceptors (Lipinski definition) is 4. The van der Waals surface area contributed by atoms with Crippen LogP contribution in [-0.2, 0) is 9.59 Å². The number of benzene rings is 2. The van der Waals surface area contributed by atoms with Crippen LogP contribution >= 0.6 is 0 Å². The number of carbonyl (C=O) groups excluding carboxylic acids is 2. The van der Waals surface area contributed by atoms with Gasteiger partial charge in [0.1, 0.15) is 12.6 Å². The van der Waals surface area contributed by atoms with E-state index in [-0.39, 0.29) is 18.4 Å². The van der Waals surface area contributed by atoms with Crippen molar-refractivity contribution in [1.82, 2.24) is 0 Å². The number of amides is 2. The van der Waals surface area contributed by atoms with Crippen LogP contribution in [0.15, 0.2) is 48.5 Å². The SMILES string of the molecule is CCN(CC)c1ccc(N(CC(=O)Nc2ccccc2C#N)C(C)=O)cc1. The van der Waals surface area contributed by atoms with Crippen LogP contribution in [-0.4, -0.2) is 31.4 Å². The van der Waals surface area contributed by atoms with E-state index in [0.29, 0.717) is 16.9 Å². The molecular weight excluding hydrogens is 340 g/mol. The molecule has 0 atom stereocenters.